The van der Waals surface area contributed by atoms with Crippen molar-refractivity contribution < 1.29 is 47.0 Å². The zero-order chi connectivity index (χ0) is 18.4. The summed E-state index contributed by atoms with van der Waals surface area (Å²) in [5.74, 6) is 0.0955. The summed E-state index contributed by atoms with van der Waals surface area (Å²) >= 11 is 0. The molecule has 0 spiro atoms. The van der Waals surface area contributed by atoms with Crippen molar-refractivity contribution in [3.8, 4) is 0 Å². The molecule has 2 aliphatic heterocycles. The number of carbonyl (C=O) groups excluding carboxylic acids is 1. The molecule has 2 fully saturated rings. The Morgan fingerprint density at radius 3 is 2.89 bits per heavy atom. The van der Waals surface area contributed by atoms with E-state index in [1.165, 1.54) is 0 Å². The molecule has 5 nitrogen and oxygen atoms in total. The Morgan fingerprint density at radius 2 is 2.26 bits per heavy atom. The summed E-state index contributed by atoms with van der Waals surface area (Å²) < 4.78 is 12.2. The number of benzene rings is 1. The molecule has 27 heavy (non-hydrogen) atoms. The van der Waals surface area contributed by atoms with Crippen LogP contribution >= 0.6 is 0 Å². The van der Waals surface area contributed by atoms with Gasteiger partial charge in [-0.15, -0.1) is 5.56 Å². The van der Waals surface area contributed by atoms with Crippen molar-refractivity contribution in [3.63, 3.8) is 0 Å². The van der Waals surface area contributed by atoms with Crippen LogP contribution in [0.2, 0.25) is 0 Å². The summed E-state index contributed by atoms with van der Waals surface area (Å²) in [6.07, 6.45) is 5.87. The SMILES string of the molecule is C[CH-]C(=O)N1CCCC(NC)C1CO[C@@H]1CC[C@H](c2[c-]cccc2)OC1.[Y]. The van der Waals surface area contributed by atoms with Crippen LogP contribution in [0.1, 0.15) is 44.3 Å². The van der Waals surface area contributed by atoms with Crippen molar-refractivity contribution >= 4 is 5.91 Å². The van der Waals surface area contributed by atoms with Gasteiger partial charge in [0.25, 0.3) is 0 Å². The van der Waals surface area contributed by atoms with E-state index in [4.69, 9.17) is 9.47 Å². The van der Waals surface area contributed by atoms with Gasteiger partial charge in [0.2, 0.25) is 0 Å². The quantitative estimate of drug-likeness (QED) is 0.682. The van der Waals surface area contributed by atoms with Crippen molar-refractivity contribution in [2.75, 3.05) is 26.8 Å². The summed E-state index contributed by atoms with van der Waals surface area (Å²) in [6.45, 7) is 3.76. The van der Waals surface area contributed by atoms with Gasteiger partial charge in [0.05, 0.1) is 37.4 Å². The minimum absolute atomic E-state index is 0. The summed E-state index contributed by atoms with van der Waals surface area (Å²) in [5, 5.41) is 3.36. The number of amides is 1. The minimum Gasteiger partial charge on any atom is -0.374 e. The number of likely N-dealkylation sites (N-methyl/N-ethyl adjacent to an activating group) is 1. The molecule has 0 bridgehead atoms. The fourth-order valence-corrected chi connectivity index (χ4v) is 3.99. The summed E-state index contributed by atoms with van der Waals surface area (Å²) in [5.41, 5.74) is 1.11. The van der Waals surface area contributed by atoms with E-state index in [0.29, 0.717) is 13.2 Å². The second kappa shape index (κ2) is 11.5. The molecular weight excluding hydrogens is 417 g/mol. The second-order valence-electron chi connectivity index (χ2n) is 7.10. The van der Waals surface area contributed by atoms with E-state index in [0.717, 1.165) is 37.8 Å². The van der Waals surface area contributed by atoms with E-state index in [9.17, 15) is 4.79 Å². The Morgan fingerprint density at radius 1 is 1.41 bits per heavy atom. The minimum atomic E-state index is 0. The molecule has 2 unspecified atom stereocenters. The number of carbonyl (C=O) groups is 1. The van der Waals surface area contributed by atoms with Gasteiger partial charge in [0.1, 0.15) is 0 Å². The zero-order valence-electron chi connectivity index (χ0n) is 16.4. The number of rotatable bonds is 6. The van der Waals surface area contributed by atoms with Crippen molar-refractivity contribution in [1.82, 2.24) is 10.2 Å². The number of likely N-dealkylation sites (tertiary alicyclic amines) is 1. The zero-order valence-corrected chi connectivity index (χ0v) is 19.2. The predicted octanol–water partition coefficient (Wildman–Crippen LogP) is 2.52. The van der Waals surface area contributed by atoms with Gasteiger partial charge in [0.15, 0.2) is 0 Å². The molecule has 1 N–H and O–H groups in total. The Labute approximate surface area is 188 Å². The predicted molar refractivity (Wildman–Crippen MR) is 101 cm³/mol. The van der Waals surface area contributed by atoms with E-state index in [1.807, 2.05) is 30.1 Å². The molecule has 2 heterocycles. The van der Waals surface area contributed by atoms with Crippen LogP contribution in [0.5, 0.6) is 0 Å². The second-order valence-corrected chi connectivity index (χ2v) is 7.10. The average Bonchev–Trinajstić information content (AvgIpc) is 2.72. The van der Waals surface area contributed by atoms with Crippen LogP contribution in [0.4, 0.5) is 0 Å². The van der Waals surface area contributed by atoms with Crippen molar-refractivity contribution in [2.24, 2.45) is 0 Å². The first kappa shape index (κ1) is 22.8. The molecule has 2 aliphatic rings. The van der Waals surface area contributed by atoms with Gasteiger partial charge in [-0.2, -0.15) is 37.3 Å². The first-order valence-electron chi connectivity index (χ1n) is 9.70. The van der Waals surface area contributed by atoms with Crippen LogP contribution in [0, 0.1) is 12.5 Å². The van der Waals surface area contributed by atoms with E-state index < -0.39 is 0 Å². The first-order chi connectivity index (χ1) is 12.7. The molecule has 0 aromatic heterocycles. The van der Waals surface area contributed by atoms with Gasteiger partial charge in [-0.3, -0.25) is 0 Å². The number of piperidine rings is 1. The van der Waals surface area contributed by atoms with Gasteiger partial charge >= 0.3 is 0 Å². The topological polar surface area (TPSA) is 50.8 Å². The Hall–Kier alpha value is -0.456. The molecule has 1 amide bonds. The number of ether oxygens (including phenoxy) is 2. The molecular formula is C21H30N2O3Y-2. The van der Waals surface area contributed by atoms with Gasteiger partial charge in [-0.1, -0.05) is 0 Å². The van der Waals surface area contributed by atoms with Crippen molar-refractivity contribution in [2.45, 2.75) is 56.9 Å². The summed E-state index contributed by atoms with van der Waals surface area (Å²) in [7, 11) is 1.96. The van der Waals surface area contributed by atoms with Crippen molar-refractivity contribution in [3.05, 3.63) is 42.3 Å². The molecule has 1 radical (unpaired) electrons. The number of nitrogens with zero attached hydrogens (tertiary/aromatic N) is 1. The Kier molecular flexibility index (Phi) is 9.74. The summed E-state index contributed by atoms with van der Waals surface area (Å²) in [4.78, 5) is 14.2. The van der Waals surface area contributed by atoms with Gasteiger partial charge in [-0.05, 0) is 32.7 Å². The van der Waals surface area contributed by atoms with Crippen molar-refractivity contribution in [1.29, 1.82) is 0 Å². The molecule has 1 aromatic carbocycles. The fraction of sp³-hybridized carbons (Fsp3) is 0.619. The fourth-order valence-electron chi connectivity index (χ4n) is 3.99. The van der Waals surface area contributed by atoms with E-state index in [-0.39, 0.29) is 62.9 Å². The number of hydrogen-bond acceptors (Lipinski definition) is 4. The van der Waals surface area contributed by atoms with Crippen LogP contribution in [0.3, 0.4) is 0 Å². The average molecular weight is 447 g/mol. The van der Waals surface area contributed by atoms with Crippen LogP contribution in [0.25, 0.3) is 0 Å². The van der Waals surface area contributed by atoms with Crippen LogP contribution in [0.15, 0.2) is 24.3 Å². The molecule has 3 rings (SSSR count). The van der Waals surface area contributed by atoms with E-state index in [2.05, 4.69) is 17.4 Å². The summed E-state index contributed by atoms with van der Waals surface area (Å²) in [6, 6.07) is 11.6. The van der Waals surface area contributed by atoms with Crippen LogP contribution < -0.4 is 5.32 Å². The molecule has 147 valence electrons. The van der Waals surface area contributed by atoms with E-state index in [1.54, 1.807) is 13.3 Å². The third-order valence-electron chi connectivity index (χ3n) is 5.50. The maximum absolute atomic E-state index is 12.2. The third-order valence-corrected chi connectivity index (χ3v) is 5.50. The smallest absolute Gasteiger partial charge is 0.0851 e. The first-order valence-corrected chi connectivity index (χ1v) is 9.70. The molecule has 6 heteroatoms. The van der Waals surface area contributed by atoms with E-state index >= 15 is 0 Å². The maximum atomic E-state index is 12.2. The normalized spacial score (nSPS) is 28.3. The van der Waals surface area contributed by atoms with Gasteiger partial charge in [-0.25, -0.2) is 0 Å². The molecule has 0 aliphatic carbocycles. The standard InChI is InChI=1S/C21H30N2O3.Y/c1-3-21(24)23-13-7-10-18(22-2)19(23)15-25-17-11-12-20(26-14-17)16-8-5-4-6-9-16;/h3-6,8,17-20,22H,7,10-15H2,1-2H3;/q-2;/t17-,18?,19?,20-;/m1./s1. The third kappa shape index (κ3) is 6.01. The van der Waals surface area contributed by atoms with Crippen LogP contribution in [-0.2, 0) is 47.0 Å². The van der Waals surface area contributed by atoms with Crippen LogP contribution in [-0.4, -0.2) is 55.8 Å². The molecule has 1 aromatic rings. The number of nitrogens with one attached hydrogen (secondary N) is 1. The van der Waals surface area contributed by atoms with Gasteiger partial charge < -0.3 is 30.9 Å². The largest absolute Gasteiger partial charge is 0.374 e. The Balaban J connectivity index is 0.00000261. The monoisotopic (exact) mass is 447 g/mol. The maximum Gasteiger partial charge on any atom is 0.0851 e. The molecule has 4 atom stereocenters. The molecule has 2 saturated heterocycles. The molecule has 0 saturated carbocycles. The Bertz CT molecular complexity index is 564. The number of hydrogen-bond donors (Lipinski definition) is 1. The van der Waals surface area contributed by atoms with Gasteiger partial charge in [0, 0.05) is 45.3 Å².